The van der Waals surface area contributed by atoms with Crippen LogP contribution in [0.1, 0.15) is 38.2 Å². The maximum absolute atomic E-state index is 11.4. The zero-order valence-electron chi connectivity index (χ0n) is 9.82. The number of aromatic hydroxyl groups is 1. The highest BCUT2D eigenvalue weighted by atomic mass is 16.5. The van der Waals surface area contributed by atoms with Crippen molar-refractivity contribution in [3.8, 4) is 11.5 Å². The molecule has 88 valence electrons. The average Bonchev–Trinajstić information content (AvgIpc) is 2.24. The molecule has 0 aromatic heterocycles. The largest absolute Gasteiger partial charge is 0.508 e. The van der Waals surface area contributed by atoms with Crippen molar-refractivity contribution in [3.63, 3.8) is 0 Å². The number of hydrogen-bond acceptors (Lipinski definition) is 3. The average molecular weight is 222 g/mol. The van der Waals surface area contributed by atoms with Crippen LogP contribution in [-0.2, 0) is 4.79 Å². The van der Waals surface area contributed by atoms with Gasteiger partial charge in [0, 0.05) is 12.5 Å². The third kappa shape index (κ3) is 3.93. The lowest BCUT2D eigenvalue weighted by molar-refractivity contribution is -0.134. The molecule has 16 heavy (non-hydrogen) atoms. The summed E-state index contributed by atoms with van der Waals surface area (Å²) in [5, 5.41) is 9.27. The van der Waals surface area contributed by atoms with E-state index in [-0.39, 0.29) is 11.7 Å². The molecule has 0 heterocycles. The molecular weight excluding hydrogens is 204 g/mol. The van der Waals surface area contributed by atoms with Gasteiger partial charge in [0.1, 0.15) is 11.5 Å². The Kier molecular flexibility index (Phi) is 4.83. The molecule has 0 aliphatic rings. The molecule has 0 fully saturated rings. The second-order valence-electron chi connectivity index (χ2n) is 3.88. The number of rotatable bonds is 5. The highest BCUT2D eigenvalue weighted by Gasteiger charge is 2.07. The predicted molar refractivity (Wildman–Crippen MR) is 62.6 cm³/mol. The van der Waals surface area contributed by atoms with Crippen LogP contribution < -0.4 is 4.74 Å². The summed E-state index contributed by atoms with van der Waals surface area (Å²) in [5.41, 5.74) is 0.849. The minimum Gasteiger partial charge on any atom is -0.508 e. The highest BCUT2D eigenvalue weighted by molar-refractivity contribution is 5.72. The lowest BCUT2D eigenvalue weighted by Gasteiger charge is -2.07. The monoisotopic (exact) mass is 222 g/mol. The Balaban J connectivity index is 2.52. The van der Waals surface area contributed by atoms with Crippen LogP contribution in [-0.4, -0.2) is 11.1 Å². The van der Waals surface area contributed by atoms with Crippen molar-refractivity contribution in [2.24, 2.45) is 0 Å². The Morgan fingerprint density at radius 2 is 2.12 bits per heavy atom. The van der Waals surface area contributed by atoms with Gasteiger partial charge in [-0.3, -0.25) is 4.79 Å². The molecule has 1 aromatic rings. The molecule has 3 nitrogen and oxygen atoms in total. The van der Waals surface area contributed by atoms with E-state index in [1.54, 1.807) is 12.1 Å². The summed E-state index contributed by atoms with van der Waals surface area (Å²) in [6.07, 6.45) is 3.41. The first kappa shape index (κ1) is 12.6. The summed E-state index contributed by atoms with van der Waals surface area (Å²) >= 11 is 0. The number of hydrogen-bond donors (Lipinski definition) is 1. The maximum Gasteiger partial charge on any atom is 0.311 e. The second kappa shape index (κ2) is 6.16. The Hall–Kier alpha value is -1.51. The summed E-state index contributed by atoms with van der Waals surface area (Å²) in [4.78, 5) is 11.4. The molecule has 3 heteroatoms. The van der Waals surface area contributed by atoms with Crippen LogP contribution in [0.4, 0.5) is 0 Å². The number of phenols is 1. The van der Waals surface area contributed by atoms with Gasteiger partial charge in [0.15, 0.2) is 0 Å². The van der Waals surface area contributed by atoms with Crippen LogP contribution in [0.3, 0.4) is 0 Å². The van der Waals surface area contributed by atoms with Gasteiger partial charge >= 0.3 is 5.97 Å². The van der Waals surface area contributed by atoms with Crippen molar-refractivity contribution in [2.75, 3.05) is 0 Å². The van der Waals surface area contributed by atoms with Crippen LogP contribution >= 0.6 is 0 Å². The maximum atomic E-state index is 11.4. The Bertz CT molecular complexity index is 358. The van der Waals surface area contributed by atoms with E-state index in [4.69, 9.17) is 4.74 Å². The van der Waals surface area contributed by atoms with Crippen LogP contribution in [0.15, 0.2) is 18.2 Å². The van der Waals surface area contributed by atoms with Gasteiger partial charge in [-0.1, -0.05) is 25.8 Å². The van der Waals surface area contributed by atoms with Crippen molar-refractivity contribution in [3.05, 3.63) is 23.8 Å². The van der Waals surface area contributed by atoms with Gasteiger partial charge in [-0.15, -0.1) is 0 Å². The second-order valence-corrected chi connectivity index (χ2v) is 3.88. The molecule has 0 bridgehead atoms. The van der Waals surface area contributed by atoms with Crippen molar-refractivity contribution in [1.29, 1.82) is 0 Å². The fourth-order valence-corrected chi connectivity index (χ4v) is 1.39. The van der Waals surface area contributed by atoms with Gasteiger partial charge in [0.25, 0.3) is 0 Å². The van der Waals surface area contributed by atoms with Gasteiger partial charge in [-0.05, 0) is 25.0 Å². The van der Waals surface area contributed by atoms with Gasteiger partial charge in [-0.25, -0.2) is 0 Å². The zero-order chi connectivity index (χ0) is 12.0. The number of carbonyl (C=O) groups is 1. The lowest BCUT2D eigenvalue weighted by atomic mass is 10.2. The lowest BCUT2D eigenvalue weighted by Crippen LogP contribution is -2.08. The molecule has 0 atom stereocenters. The highest BCUT2D eigenvalue weighted by Crippen LogP contribution is 2.23. The zero-order valence-corrected chi connectivity index (χ0v) is 9.82. The number of aryl methyl sites for hydroxylation is 1. The molecule has 0 spiro atoms. The topological polar surface area (TPSA) is 46.5 Å². The summed E-state index contributed by atoms with van der Waals surface area (Å²) < 4.78 is 5.17. The molecule has 0 unspecified atom stereocenters. The van der Waals surface area contributed by atoms with E-state index in [9.17, 15) is 9.90 Å². The summed E-state index contributed by atoms with van der Waals surface area (Å²) in [7, 11) is 0. The van der Waals surface area contributed by atoms with Crippen LogP contribution in [0.25, 0.3) is 0 Å². The Morgan fingerprint density at radius 1 is 1.38 bits per heavy atom. The van der Waals surface area contributed by atoms with Gasteiger partial charge in [-0.2, -0.15) is 0 Å². The number of ether oxygens (including phenoxy) is 1. The van der Waals surface area contributed by atoms with Crippen LogP contribution in [0, 0.1) is 6.92 Å². The summed E-state index contributed by atoms with van der Waals surface area (Å²) in [6, 6.07) is 4.76. The van der Waals surface area contributed by atoms with E-state index < -0.39 is 0 Å². The molecule has 0 saturated heterocycles. The van der Waals surface area contributed by atoms with Gasteiger partial charge < -0.3 is 9.84 Å². The molecule has 0 aliphatic heterocycles. The summed E-state index contributed by atoms with van der Waals surface area (Å²) in [6.45, 7) is 3.93. The molecule has 1 aromatic carbocycles. The van der Waals surface area contributed by atoms with E-state index in [1.807, 2.05) is 6.92 Å². The van der Waals surface area contributed by atoms with Crippen molar-refractivity contribution in [2.45, 2.75) is 39.5 Å². The van der Waals surface area contributed by atoms with Crippen molar-refractivity contribution >= 4 is 5.97 Å². The Labute approximate surface area is 96.1 Å². The fourth-order valence-electron chi connectivity index (χ4n) is 1.39. The Morgan fingerprint density at radius 3 is 2.81 bits per heavy atom. The predicted octanol–water partition coefficient (Wildman–Crippen LogP) is 3.19. The minimum atomic E-state index is -0.234. The van der Waals surface area contributed by atoms with Crippen molar-refractivity contribution < 1.29 is 14.6 Å². The van der Waals surface area contributed by atoms with E-state index in [1.165, 1.54) is 6.07 Å². The van der Waals surface area contributed by atoms with Crippen LogP contribution in [0.5, 0.6) is 11.5 Å². The van der Waals surface area contributed by atoms with Gasteiger partial charge in [0.2, 0.25) is 0 Å². The molecule has 0 radical (unpaired) electrons. The van der Waals surface area contributed by atoms with E-state index >= 15 is 0 Å². The van der Waals surface area contributed by atoms with E-state index in [0.29, 0.717) is 12.2 Å². The third-order valence-corrected chi connectivity index (χ3v) is 2.38. The first-order valence-corrected chi connectivity index (χ1v) is 5.63. The van der Waals surface area contributed by atoms with Crippen LogP contribution in [0.2, 0.25) is 0 Å². The van der Waals surface area contributed by atoms with E-state index in [0.717, 1.165) is 24.8 Å². The molecule has 0 amide bonds. The van der Waals surface area contributed by atoms with Gasteiger partial charge in [0.05, 0.1) is 0 Å². The first-order chi connectivity index (χ1) is 7.63. The number of carbonyl (C=O) groups excluding carboxylic acids is 1. The number of unbranched alkanes of at least 4 members (excludes halogenated alkanes) is 2. The van der Waals surface area contributed by atoms with E-state index in [2.05, 4.69) is 6.92 Å². The molecule has 1 rings (SSSR count). The SMILES string of the molecule is CCCCCC(=O)Oc1cc(O)ccc1C. The first-order valence-electron chi connectivity index (χ1n) is 5.63. The molecule has 0 aliphatic carbocycles. The standard InChI is InChI=1S/C13H18O3/c1-3-4-5-6-13(15)16-12-9-11(14)8-7-10(12)2/h7-9,14H,3-6H2,1-2H3. The molecule has 0 saturated carbocycles. The third-order valence-electron chi connectivity index (χ3n) is 2.38. The number of esters is 1. The fraction of sp³-hybridized carbons (Fsp3) is 0.462. The number of phenolic OH excluding ortho intramolecular Hbond substituents is 1. The minimum absolute atomic E-state index is 0.113. The normalized spacial score (nSPS) is 10.1. The van der Waals surface area contributed by atoms with Crippen molar-refractivity contribution in [1.82, 2.24) is 0 Å². The number of benzene rings is 1. The smallest absolute Gasteiger partial charge is 0.311 e. The molecule has 1 N–H and O–H groups in total. The molecular formula is C13H18O3. The summed E-state index contributed by atoms with van der Waals surface area (Å²) in [5.74, 6) is 0.325. The quantitative estimate of drug-likeness (QED) is 0.473.